The zero-order chi connectivity index (χ0) is 9.35. The maximum absolute atomic E-state index is 10.6. The van der Waals surface area contributed by atoms with Crippen LogP contribution in [-0.4, -0.2) is 16.0 Å². The number of carbonyl (C=O) groups excluding carboxylic acids is 1. The van der Waals surface area contributed by atoms with Crippen LogP contribution in [0.15, 0.2) is 4.42 Å². The predicted molar refractivity (Wildman–Crippen MR) is 41.6 cm³/mol. The van der Waals surface area contributed by atoms with E-state index in [1.807, 2.05) is 20.8 Å². The molecule has 0 fully saturated rings. The number of hydrogen-bond donors (Lipinski definition) is 0. The molecule has 1 rings (SSSR count). The molecule has 0 saturated heterocycles. The Balaban J connectivity index is 3.00. The highest BCUT2D eigenvalue weighted by Gasteiger charge is 2.22. The van der Waals surface area contributed by atoms with Gasteiger partial charge in [0.15, 0.2) is 0 Å². The van der Waals surface area contributed by atoms with Gasteiger partial charge in [-0.05, 0) is 0 Å². The molecule has 0 aromatic carbocycles. The second kappa shape index (κ2) is 2.69. The van der Waals surface area contributed by atoms with E-state index in [0.29, 0.717) is 5.89 Å². The summed E-state index contributed by atoms with van der Waals surface area (Å²) in [6.07, 6.45) is 0. The second-order valence-electron chi connectivity index (χ2n) is 3.53. The Morgan fingerprint density at radius 1 is 1.42 bits per heavy atom. The van der Waals surface area contributed by atoms with Crippen LogP contribution in [0.4, 0.5) is 0 Å². The van der Waals surface area contributed by atoms with Crippen LogP contribution < -0.4 is 0 Å². The van der Waals surface area contributed by atoms with Gasteiger partial charge in [-0.15, -0.1) is 10.2 Å². The number of hydrogen-bond acceptors (Lipinski definition) is 4. The second-order valence-corrected chi connectivity index (χ2v) is 3.53. The van der Waals surface area contributed by atoms with Gasteiger partial charge in [0.1, 0.15) is 0 Å². The molecule has 1 heterocycles. The molecular weight excluding hydrogens is 156 g/mol. The molecular formula is C8H10N2O2. The summed E-state index contributed by atoms with van der Waals surface area (Å²) in [5, 5.41) is 7.18. The van der Waals surface area contributed by atoms with E-state index in [-0.39, 0.29) is 11.3 Å². The highest BCUT2D eigenvalue weighted by atomic mass is 16.4. The Morgan fingerprint density at radius 2 is 2.00 bits per heavy atom. The van der Waals surface area contributed by atoms with Crippen LogP contribution in [0.1, 0.15) is 37.3 Å². The highest BCUT2D eigenvalue weighted by molar-refractivity contribution is 5.94. The van der Waals surface area contributed by atoms with E-state index >= 15 is 0 Å². The molecule has 4 nitrogen and oxygen atoms in total. The minimum absolute atomic E-state index is 0.139. The van der Waals surface area contributed by atoms with Crippen molar-refractivity contribution in [3.63, 3.8) is 0 Å². The zero-order valence-corrected chi connectivity index (χ0v) is 7.29. The fourth-order valence-corrected chi connectivity index (χ4v) is 0.626. The smallest absolute Gasteiger partial charge is 0.284 e. The van der Waals surface area contributed by atoms with Crippen LogP contribution in [0.2, 0.25) is 0 Å². The molecule has 0 aliphatic rings. The van der Waals surface area contributed by atoms with E-state index in [1.54, 1.807) is 0 Å². The molecule has 0 bridgehead atoms. The summed E-state index contributed by atoms with van der Waals surface area (Å²) >= 11 is 0. The monoisotopic (exact) mass is 166 g/mol. The van der Waals surface area contributed by atoms with Gasteiger partial charge in [0.05, 0.1) is 0 Å². The van der Waals surface area contributed by atoms with Gasteiger partial charge in [-0.25, -0.2) is 0 Å². The zero-order valence-electron chi connectivity index (χ0n) is 7.29. The van der Waals surface area contributed by atoms with Gasteiger partial charge in [-0.1, -0.05) is 20.8 Å². The number of rotatable bonds is 1. The minimum Gasteiger partial charge on any atom is -0.418 e. The van der Waals surface area contributed by atoms with Gasteiger partial charge in [0, 0.05) is 12.3 Å². The van der Waals surface area contributed by atoms with E-state index in [0.717, 1.165) is 0 Å². The average Bonchev–Trinajstić information content (AvgIpc) is 2.30. The molecule has 0 unspecified atom stereocenters. The van der Waals surface area contributed by atoms with E-state index in [9.17, 15) is 4.79 Å². The van der Waals surface area contributed by atoms with Crippen LogP contribution in [0.5, 0.6) is 0 Å². The first kappa shape index (κ1) is 8.90. The first-order valence-corrected chi connectivity index (χ1v) is 3.55. The Kier molecular flexibility index (Phi) is 2.00. The molecule has 0 aliphatic heterocycles. The summed E-state index contributed by atoms with van der Waals surface area (Å²) in [4.78, 5) is 10.6. The molecule has 0 N–H and O–H groups in total. The fourth-order valence-electron chi connectivity index (χ4n) is 0.626. The first-order valence-electron chi connectivity index (χ1n) is 3.55. The maximum atomic E-state index is 10.6. The van der Waals surface area contributed by atoms with Crippen LogP contribution in [-0.2, 0) is 5.41 Å². The molecule has 0 aliphatic carbocycles. The number of carbonyl (C=O) groups is 1. The van der Waals surface area contributed by atoms with E-state index in [2.05, 4.69) is 10.2 Å². The van der Waals surface area contributed by atoms with Crippen molar-refractivity contribution in [2.45, 2.75) is 26.2 Å². The van der Waals surface area contributed by atoms with Crippen molar-refractivity contribution in [1.82, 2.24) is 10.2 Å². The van der Waals surface area contributed by atoms with Crippen molar-refractivity contribution < 1.29 is 9.21 Å². The largest absolute Gasteiger partial charge is 0.418 e. The first-order chi connectivity index (χ1) is 5.41. The quantitative estimate of drug-likeness (QED) is 0.589. The number of Topliss-reactive ketones (excluding diaryl/α,β-unsaturated/α-hetero) is 1. The number of nitrogens with zero attached hydrogens (tertiary/aromatic N) is 2. The third-order valence-electron chi connectivity index (χ3n) is 1.28. The van der Waals surface area contributed by atoms with Crippen molar-refractivity contribution in [3.8, 4) is 0 Å². The maximum Gasteiger partial charge on any atom is 0.284 e. The molecule has 4 heteroatoms. The SMILES string of the molecule is [CH]C(=O)c1nnc(C(C)(C)C)o1. The molecule has 2 radical (unpaired) electrons. The summed E-state index contributed by atoms with van der Waals surface area (Å²) in [5.41, 5.74) is -0.249. The van der Waals surface area contributed by atoms with Crippen LogP contribution in [0.3, 0.4) is 0 Å². The molecule has 0 atom stereocenters. The van der Waals surface area contributed by atoms with Crippen LogP contribution in [0.25, 0.3) is 0 Å². The van der Waals surface area contributed by atoms with Gasteiger partial charge in [-0.3, -0.25) is 4.79 Å². The molecule has 0 amide bonds. The predicted octanol–water partition coefficient (Wildman–Crippen LogP) is 1.26. The summed E-state index contributed by atoms with van der Waals surface area (Å²) < 4.78 is 5.01. The Morgan fingerprint density at radius 3 is 2.25 bits per heavy atom. The van der Waals surface area contributed by atoms with Crippen LogP contribution >= 0.6 is 0 Å². The van der Waals surface area contributed by atoms with E-state index in [4.69, 9.17) is 11.3 Å². The lowest BCUT2D eigenvalue weighted by molar-refractivity contribution is 0.100. The fraction of sp³-hybridized carbons (Fsp3) is 0.500. The van der Waals surface area contributed by atoms with E-state index < -0.39 is 5.78 Å². The third kappa shape index (κ3) is 1.69. The summed E-state index contributed by atoms with van der Waals surface area (Å²) in [5.74, 6) is -0.422. The van der Waals surface area contributed by atoms with Gasteiger partial charge >= 0.3 is 0 Å². The van der Waals surface area contributed by atoms with Crippen molar-refractivity contribution in [3.05, 3.63) is 18.7 Å². The lowest BCUT2D eigenvalue weighted by atomic mass is 9.97. The van der Waals surface area contributed by atoms with Crippen molar-refractivity contribution in [1.29, 1.82) is 0 Å². The summed E-state index contributed by atoms with van der Waals surface area (Å²) in [6.45, 7) is 10.7. The summed E-state index contributed by atoms with van der Waals surface area (Å²) in [7, 11) is 0. The number of aromatic nitrogens is 2. The topological polar surface area (TPSA) is 56.0 Å². The molecule has 12 heavy (non-hydrogen) atoms. The highest BCUT2D eigenvalue weighted by Crippen LogP contribution is 2.20. The van der Waals surface area contributed by atoms with Gasteiger partial charge in [-0.2, -0.15) is 0 Å². The molecule has 1 aromatic rings. The van der Waals surface area contributed by atoms with Crippen LogP contribution in [0, 0.1) is 6.92 Å². The lowest BCUT2D eigenvalue weighted by Gasteiger charge is -2.10. The lowest BCUT2D eigenvalue weighted by Crippen LogP contribution is -2.11. The molecule has 1 aromatic heterocycles. The Hall–Kier alpha value is -1.19. The van der Waals surface area contributed by atoms with Gasteiger partial charge in [0.25, 0.3) is 5.89 Å². The molecule has 0 saturated carbocycles. The van der Waals surface area contributed by atoms with Gasteiger partial charge < -0.3 is 4.42 Å². The molecule has 64 valence electrons. The van der Waals surface area contributed by atoms with Gasteiger partial charge in [0.2, 0.25) is 11.7 Å². The average molecular weight is 166 g/mol. The molecule has 0 spiro atoms. The normalized spacial score (nSPS) is 11.7. The standard InChI is InChI=1S/C8H10N2O2/c1-5(11)6-9-10-7(12-6)8(2,3)4/h1H,2-4H3. The number of ketones is 1. The minimum atomic E-state index is -0.696. The third-order valence-corrected chi connectivity index (χ3v) is 1.28. The van der Waals surface area contributed by atoms with Crippen molar-refractivity contribution >= 4 is 5.78 Å². The Bertz CT molecular complexity index is 296. The van der Waals surface area contributed by atoms with E-state index in [1.165, 1.54) is 0 Å². The summed E-state index contributed by atoms with van der Waals surface area (Å²) in [6, 6.07) is 0. The van der Waals surface area contributed by atoms with Crippen molar-refractivity contribution in [2.75, 3.05) is 0 Å². The van der Waals surface area contributed by atoms with Crippen molar-refractivity contribution in [2.24, 2.45) is 0 Å². The Labute approximate surface area is 71.0 Å².